The molecule has 1 unspecified atom stereocenters. The predicted molar refractivity (Wildman–Crippen MR) is 67.3 cm³/mol. The van der Waals surface area contributed by atoms with Crippen molar-refractivity contribution in [3.05, 3.63) is 35.7 Å². The molecule has 1 atom stereocenters. The number of nitrogens with two attached hydrogens (primary N) is 1. The van der Waals surface area contributed by atoms with Gasteiger partial charge in [0.25, 0.3) is 0 Å². The molecular weight excluding hydrogens is 230 g/mol. The lowest BCUT2D eigenvalue weighted by Gasteiger charge is -2.14. The Hall–Kier alpha value is -1.95. The van der Waals surface area contributed by atoms with Crippen LogP contribution in [0.25, 0.3) is 0 Å². The molecule has 0 aliphatic carbocycles. The van der Waals surface area contributed by atoms with E-state index in [-0.39, 0.29) is 5.92 Å². The van der Waals surface area contributed by atoms with Gasteiger partial charge in [0, 0.05) is 13.6 Å². The molecule has 0 saturated heterocycles. The molecular formula is C12H17N5O. The van der Waals surface area contributed by atoms with E-state index in [1.807, 2.05) is 38.2 Å². The van der Waals surface area contributed by atoms with Gasteiger partial charge < -0.3 is 10.5 Å². The van der Waals surface area contributed by atoms with Gasteiger partial charge in [0.15, 0.2) is 5.82 Å². The number of aryl methyl sites for hydroxylation is 1. The molecule has 0 saturated carbocycles. The van der Waals surface area contributed by atoms with E-state index in [2.05, 4.69) is 15.5 Å². The first-order valence-corrected chi connectivity index (χ1v) is 5.91. The molecule has 2 rings (SSSR count). The van der Waals surface area contributed by atoms with Crippen LogP contribution in [0.5, 0.6) is 5.75 Å². The Morgan fingerprint density at radius 2 is 2.06 bits per heavy atom. The highest BCUT2D eigenvalue weighted by molar-refractivity contribution is 5.32. The lowest BCUT2D eigenvalue weighted by molar-refractivity contribution is 0.340. The highest BCUT2D eigenvalue weighted by atomic mass is 16.5. The fraction of sp³-hybridized carbons (Fsp3) is 0.417. The number of benzene rings is 1. The SMILES string of the molecule is CCOc1ccc(C(CN)c2nnnn2C)cc1. The summed E-state index contributed by atoms with van der Waals surface area (Å²) in [5, 5.41) is 11.5. The fourth-order valence-corrected chi connectivity index (χ4v) is 1.89. The molecule has 0 aliphatic heterocycles. The molecule has 2 aromatic rings. The van der Waals surface area contributed by atoms with Gasteiger partial charge in [-0.3, -0.25) is 0 Å². The summed E-state index contributed by atoms with van der Waals surface area (Å²) in [4.78, 5) is 0. The summed E-state index contributed by atoms with van der Waals surface area (Å²) in [6.07, 6.45) is 0. The maximum atomic E-state index is 5.82. The highest BCUT2D eigenvalue weighted by Crippen LogP contribution is 2.23. The Balaban J connectivity index is 2.25. The number of nitrogens with zero attached hydrogens (tertiary/aromatic N) is 4. The molecule has 0 spiro atoms. The van der Waals surface area contributed by atoms with Crippen LogP contribution in [0, 0.1) is 0 Å². The lowest BCUT2D eigenvalue weighted by Crippen LogP contribution is -2.18. The molecule has 0 amide bonds. The first-order valence-electron chi connectivity index (χ1n) is 5.91. The Morgan fingerprint density at radius 1 is 1.33 bits per heavy atom. The van der Waals surface area contributed by atoms with Crippen LogP contribution in [-0.2, 0) is 7.05 Å². The topological polar surface area (TPSA) is 78.8 Å². The zero-order chi connectivity index (χ0) is 13.0. The van der Waals surface area contributed by atoms with Crippen LogP contribution < -0.4 is 10.5 Å². The molecule has 1 heterocycles. The summed E-state index contributed by atoms with van der Waals surface area (Å²) in [5.41, 5.74) is 6.90. The molecule has 0 aliphatic rings. The summed E-state index contributed by atoms with van der Waals surface area (Å²) in [5.74, 6) is 1.62. The van der Waals surface area contributed by atoms with E-state index < -0.39 is 0 Å². The zero-order valence-corrected chi connectivity index (χ0v) is 10.6. The minimum absolute atomic E-state index is 0.000626. The van der Waals surface area contributed by atoms with Crippen LogP contribution in [0.4, 0.5) is 0 Å². The van der Waals surface area contributed by atoms with Crippen LogP contribution in [-0.4, -0.2) is 33.4 Å². The summed E-state index contributed by atoms with van der Waals surface area (Å²) in [6, 6.07) is 7.87. The van der Waals surface area contributed by atoms with Crippen LogP contribution >= 0.6 is 0 Å². The minimum atomic E-state index is 0.000626. The van der Waals surface area contributed by atoms with Crippen molar-refractivity contribution in [3.8, 4) is 5.75 Å². The molecule has 1 aromatic carbocycles. The maximum Gasteiger partial charge on any atom is 0.159 e. The van der Waals surface area contributed by atoms with Gasteiger partial charge in [-0.05, 0) is 35.0 Å². The third kappa shape index (κ3) is 2.48. The molecule has 0 radical (unpaired) electrons. The molecule has 1 aromatic heterocycles. The van der Waals surface area contributed by atoms with E-state index >= 15 is 0 Å². The van der Waals surface area contributed by atoms with Gasteiger partial charge in [-0.25, -0.2) is 4.68 Å². The van der Waals surface area contributed by atoms with Crippen molar-refractivity contribution in [1.29, 1.82) is 0 Å². The molecule has 0 fully saturated rings. The van der Waals surface area contributed by atoms with E-state index in [0.717, 1.165) is 17.1 Å². The average Bonchev–Trinajstić information content (AvgIpc) is 2.79. The molecule has 0 bridgehead atoms. The summed E-state index contributed by atoms with van der Waals surface area (Å²) in [7, 11) is 1.81. The van der Waals surface area contributed by atoms with Gasteiger partial charge >= 0.3 is 0 Å². The second-order valence-electron chi connectivity index (χ2n) is 3.95. The van der Waals surface area contributed by atoms with Gasteiger partial charge in [0.1, 0.15) is 5.75 Å². The second kappa shape index (κ2) is 5.59. The molecule has 6 nitrogen and oxygen atoms in total. The van der Waals surface area contributed by atoms with Gasteiger partial charge in [-0.2, -0.15) is 0 Å². The number of hydrogen-bond donors (Lipinski definition) is 1. The monoisotopic (exact) mass is 247 g/mol. The van der Waals surface area contributed by atoms with Crippen LogP contribution in [0.1, 0.15) is 24.2 Å². The Kier molecular flexibility index (Phi) is 3.88. The normalized spacial score (nSPS) is 12.4. The first kappa shape index (κ1) is 12.5. The van der Waals surface area contributed by atoms with E-state index in [0.29, 0.717) is 13.2 Å². The molecule has 6 heteroatoms. The van der Waals surface area contributed by atoms with E-state index in [1.54, 1.807) is 4.68 Å². The average molecular weight is 247 g/mol. The molecule has 96 valence electrons. The number of ether oxygens (including phenoxy) is 1. The van der Waals surface area contributed by atoms with Crippen molar-refractivity contribution in [2.24, 2.45) is 12.8 Å². The first-order chi connectivity index (χ1) is 8.76. The van der Waals surface area contributed by atoms with E-state index in [1.165, 1.54) is 0 Å². The third-order valence-corrected chi connectivity index (χ3v) is 2.79. The van der Waals surface area contributed by atoms with Gasteiger partial charge in [0.05, 0.1) is 12.5 Å². The number of tetrazole rings is 1. The quantitative estimate of drug-likeness (QED) is 0.841. The largest absolute Gasteiger partial charge is 0.494 e. The van der Waals surface area contributed by atoms with E-state index in [9.17, 15) is 0 Å². The van der Waals surface area contributed by atoms with Crippen molar-refractivity contribution in [3.63, 3.8) is 0 Å². The standard InChI is InChI=1S/C12H17N5O/c1-3-18-10-6-4-9(5-7-10)11(8-13)12-14-15-16-17(12)2/h4-7,11H,3,8,13H2,1-2H3. The van der Waals surface area contributed by atoms with Crippen molar-refractivity contribution < 1.29 is 4.74 Å². The van der Waals surface area contributed by atoms with Crippen LogP contribution in [0.15, 0.2) is 24.3 Å². The van der Waals surface area contributed by atoms with Crippen molar-refractivity contribution in [1.82, 2.24) is 20.2 Å². The Bertz CT molecular complexity index is 493. The third-order valence-electron chi connectivity index (χ3n) is 2.79. The molecule has 18 heavy (non-hydrogen) atoms. The number of rotatable bonds is 5. The highest BCUT2D eigenvalue weighted by Gasteiger charge is 2.18. The lowest BCUT2D eigenvalue weighted by atomic mass is 9.98. The van der Waals surface area contributed by atoms with E-state index in [4.69, 9.17) is 10.5 Å². The van der Waals surface area contributed by atoms with Crippen molar-refractivity contribution in [2.75, 3.05) is 13.2 Å². The molecule has 2 N–H and O–H groups in total. The number of hydrogen-bond acceptors (Lipinski definition) is 5. The number of aromatic nitrogens is 4. The minimum Gasteiger partial charge on any atom is -0.494 e. The van der Waals surface area contributed by atoms with Gasteiger partial charge in [-0.15, -0.1) is 5.10 Å². The summed E-state index contributed by atoms with van der Waals surface area (Å²) < 4.78 is 7.06. The van der Waals surface area contributed by atoms with Gasteiger partial charge in [-0.1, -0.05) is 12.1 Å². The zero-order valence-electron chi connectivity index (χ0n) is 10.6. The smallest absolute Gasteiger partial charge is 0.159 e. The predicted octanol–water partition coefficient (Wildman–Crippen LogP) is 0.699. The van der Waals surface area contributed by atoms with Crippen LogP contribution in [0.2, 0.25) is 0 Å². The fourth-order valence-electron chi connectivity index (χ4n) is 1.89. The van der Waals surface area contributed by atoms with Crippen molar-refractivity contribution in [2.45, 2.75) is 12.8 Å². The van der Waals surface area contributed by atoms with Gasteiger partial charge in [0.2, 0.25) is 0 Å². The summed E-state index contributed by atoms with van der Waals surface area (Å²) in [6.45, 7) is 3.08. The maximum absolute atomic E-state index is 5.82. The Labute approximate surface area is 106 Å². The summed E-state index contributed by atoms with van der Waals surface area (Å²) >= 11 is 0. The van der Waals surface area contributed by atoms with Crippen molar-refractivity contribution >= 4 is 0 Å². The Morgan fingerprint density at radius 3 is 2.56 bits per heavy atom. The van der Waals surface area contributed by atoms with Crippen LogP contribution in [0.3, 0.4) is 0 Å². The second-order valence-corrected chi connectivity index (χ2v) is 3.95.